The van der Waals surface area contributed by atoms with Crippen LogP contribution in [0.5, 0.6) is 5.75 Å². The lowest BCUT2D eigenvalue weighted by molar-refractivity contribution is -0.137. The van der Waals surface area contributed by atoms with Crippen LogP contribution in [-0.2, 0) is 9.59 Å². The summed E-state index contributed by atoms with van der Waals surface area (Å²) in [5.74, 6) is -0.155. The molecule has 0 saturated carbocycles. The predicted octanol–water partition coefficient (Wildman–Crippen LogP) is 8.09. The van der Waals surface area contributed by atoms with E-state index in [9.17, 15) is 9.59 Å². The minimum atomic E-state index is -0.668. The van der Waals surface area contributed by atoms with Crippen molar-refractivity contribution >= 4 is 11.9 Å². The summed E-state index contributed by atoms with van der Waals surface area (Å²) >= 11 is 0. The van der Waals surface area contributed by atoms with E-state index in [-0.39, 0.29) is 5.97 Å². The maximum atomic E-state index is 11.8. The van der Waals surface area contributed by atoms with E-state index in [1.807, 2.05) is 30.3 Å². The van der Waals surface area contributed by atoms with Crippen molar-refractivity contribution in [1.29, 1.82) is 0 Å². The fourth-order valence-electron chi connectivity index (χ4n) is 3.87. The number of aliphatic carboxylic acids is 1. The Morgan fingerprint density at radius 3 is 1.29 bits per heavy atom. The van der Waals surface area contributed by atoms with E-state index in [0.717, 1.165) is 25.7 Å². The molecule has 0 radical (unpaired) electrons. The Hall–Kier alpha value is -1.84. The molecule has 1 aromatic carbocycles. The zero-order chi connectivity index (χ0) is 22.4. The summed E-state index contributed by atoms with van der Waals surface area (Å²) < 4.78 is 5.30. The van der Waals surface area contributed by atoms with E-state index < -0.39 is 5.97 Å². The Labute approximate surface area is 189 Å². The quantitative estimate of drug-likeness (QED) is 0.121. The molecule has 0 fully saturated rings. The molecule has 0 unspecified atom stereocenters. The van der Waals surface area contributed by atoms with E-state index >= 15 is 0 Å². The van der Waals surface area contributed by atoms with Crippen LogP contribution in [0.3, 0.4) is 0 Å². The fraction of sp³-hybridized carbons (Fsp3) is 0.704. The van der Waals surface area contributed by atoms with Crippen LogP contribution in [0.1, 0.15) is 122 Å². The number of ether oxygens (including phenoxy) is 1. The number of carboxylic acid groups (broad SMARTS) is 1. The van der Waals surface area contributed by atoms with Crippen LogP contribution in [0, 0.1) is 0 Å². The fourth-order valence-corrected chi connectivity index (χ4v) is 3.87. The molecule has 4 nitrogen and oxygen atoms in total. The summed E-state index contributed by atoms with van der Waals surface area (Å²) in [5, 5.41) is 8.59. The topological polar surface area (TPSA) is 63.6 Å². The molecule has 176 valence electrons. The molecule has 0 saturated heterocycles. The van der Waals surface area contributed by atoms with E-state index in [2.05, 4.69) is 0 Å². The molecule has 0 aliphatic heterocycles. The van der Waals surface area contributed by atoms with Gasteiger partial charge in [0.1, 0.15) is 5.75 Å². The SMILES string of the molecule is O=C(O)CCCCCCCCCCCCCCCCCCCC(=O)Oc1ccccc1. The van der Waals surface area contributed by atoms with E-state index in [4.69, 9.17) is 9.84 Å². The van der Waals surface area contributed by atoms with Gasteiger partial charge >= 0.3 is 11.9 Å². The maximum Gasteiger partial charge on any atom is 0.311 e. The minimum Gasteiger partial charge on any atom is -0.481 e. The van der Waals surface area contributed by atoms with Crippen LogP contribution in [-0.4, -0.2) is 17.0 Å². The number of carbonyl (C=O) groups is 2. The van der Waals surface area contributed by atoms with Gasteiger partial charge in [0, 0.05) is 12.8 Å². The van der Waals surface area contributed by atoms with Crippen LogP contribution in [0.25, 0.3) is 0 Å². The average molecular weight is 433 g/mol. The predicted molar refractivity (Wildman–Crippen MR) is 127 cm³/mol. The van der Waals surface area contributed by atoms with Crippen LogP contribution in [0.4, 0.5) is 0 Å². The summed E-state index contributed by atoms with van der Waals surface area (Å²) in [6.45, 7) is 0. The highest BCUT2D eigenvalue weighted by molar-refractivity contribution is 5.72. The lowest BCUT2D eigenvalue weighted by Crippen LogP contribution is -2.07. The van der Waals surface area contributed by atoms with E-state index in [0.29, 0.717) is 18.6 Å². The Morgan fingerprint density at radius 1 is 0.548 bits per heavy atom. The molecule has 0 atom stereocenters. The summed E-state index contributed by atoms with van der Waals surface area (Å²) in [6, 6.07) is 9.29. The third-order valence-corrected chi connectivity index (χ3v) is 5.75. The number of hydrogen-bond acceptors (Lipinski definition) is 3. The van der Waals surface area contributed by atoms with Gasteiger partial charge in [-0.05, 0) is 25.0 Å². The van der Waals surface area contributed by atoms with Gasteiger partial charge in [-0.15, -0.1) is 0 Å². The number of unbranched alkanes of at least 4 members (excludes halogenated alkanes) is 16. The normalized spacial score (nSPS) is 10.8. The number of esters is 1. The summed E-state index contributed by atoms with van der Waals surface area (Å²) in [6.07, 6.45) is 21.8. The summed E-state index contributed by atoms with van der Waals surface area (Å²) in [7, 11) is 0. The van der Waals surface area contributed by atoms with Gasteiger partial charge < -0.3 is 9.84 Å². The minimum absolute atomic E-state index is 0.123. The molecule has 0 amide bonds. The van der Waals surface area contributed by atoms with Gasteiger partial charge in [-0.25, -0.2) is 0 Å². The highest BCUT2D eigenvalue weighted by Crippen LogP contribution is 2.15. The first kappa shape index (κ1) is 27.2. The Balaban J connectivity index is 1.72. The van der Waals surface area contributed by atoms with Gasteiger partial charge in [-0.2, -0.15) is 0 Å². The van der Waals surface area contributed by atoms with Gasteiger partial charge in [0.25, 0.3) is 0 Å². The van der Waals surface area contributed by atoms with Gasteiger partial charge in [-0.1, -0.05) is 115 Å². The first-order valence-electron chi connectivity index (χ1n) is 12.7. The number of carboxylic acids is 1. The first-order valence-corrected chi connectivity index (χ1v) is 12.7. The summed E-state index contributed by atoms with van der Waals surface area (Å²) in [5.41, 5.74) is 0. The second-order valence-corrected chi connectivity index (χ2v) is 8.69. The van der Waals surface area contributed by atoms with Crippen molar-refractivity contribution in [2.75, 3.05) is 0 Å². The zero-order valence-electron chi connectivity index (χ0n) is 19.5. The first-order chi connectivity index (χ1) is 15.2. The standard InChI is InChI=1S/C27H44O4/c28-26(29)23-19-14-12-10-8-6-4-2-1-3-5-7-9-11-13-15-20-24-27(30)31-25-21-17-16-18-22-25/h16-18,21-22H,1-15,19-20,23-24H2,(H,28,29). The Kier molecular flexibility index (Phi) is 17.6. The molecule has 0 aliphatic carbocycles. The Bertz CT molecular complexity index is 556. The Morgan fingerprint density at radius 2 is 0.903 bits per heavy atom. The van der Waals surface area contributed by atoms with Crippen molar-refractivity contribution in [3.8, 4) is 5.75 Å². The molecule has 1 rings (SSSR count). The van der Waals surface area contributed by atoms with Crippen molar-refractivity contribution < 1.29 is 19.4 Å². The molecule has 0 aliphatic rings. The summed E-state index contributed by atoms with van der Waals surface area (Å²) in [4.78, 5) is 22.2. The molecular formula is C27H44O4. The second kappa shape index (κ2) is 20.1. The molecule has 4 heteroatoms. The molecular weight excluding hydrogens is 388 g/mol. The molecule has 1 aromatic rings. The third kappa shape index (κ3) is 18.6. The van der Waals surface area contributed by atoms with Crippen LogP contribution < -0.4 is 4.74 Å². The van der Waals surface area contributed by atoms with Crippen molar-refractivity contribution in [2.24, 2.45) is 0 Å². The molecule has 0 aromatic heterocycles. The van der Waals surface area contributed by atoms with E-state index in [1.165, 1.54) is 83.5 Å². The number of rotatable bonds is 21. The molecule has 0 spiro atoms. The highest BCUT2D eigenvalue weighted by Gasteiger charge is 2.04. The lowest BCUT2D eigenvalue weighted by Gasteiger charge is -2.05. The van der Waals surface area contributed by atoms with Crippen molar-refractivity contribution in [3.05, 3.63) is 30.3 Å². The lowest BCUT2D eigenvalue weighted by atomic mass is 10.0. The molecule has 1 N–H and O–H groups in total. The number of para-hydroxylation sites is 1. The van der Waals surface area contributed by atoms with Gasteiger partial charge in [0.2, 0.25) is 0 Å². The van der Waals surface area contributed by atoms with Crippen LogP contribution in [0.15, 0.2) is 30.3 Å². The average Bonchev–Trinajstić information content (AvgIpc) is 2.76. The number of hydrogen-bond donors (Lipinski definition) is 1. The zero-order valence-corrected chi connectivity index (χ0v) is 19.5. The van der Waals surface area contributed by atoms with Gasteiger partial charge in [0.15, 0.2) is 0 Å². The third-order valence-electron chi connectivity index (χ3n) is 5.75. The van der Waals surface area contributed by atoms with Crippen molar-refractivity contribution in [3.63, 3.8) is 0 Å². The van der Waals surface area contributed by atoms with Crippen molar-refractivity contribution in [2.45, 2.75) is 122 Å². The number of carbonyl (C=O) groups excluding carboxylic acids is 1. The second-order valence-electron chi connectivity index (χ2n) is 8.69. The smallest absolute Gasteiger partial charge is 0.311 e. The number of benzene rings is 1. The van der Waals surface area contributed by atoms with Crippen LogP contribution >= 0.6 is 0 Å². The molecule has 31 heavy (non-hydrogen) atoms. The van der Waals surface area contributed by atoms with Gasteiger partial charge in [-0.3, -0.25) is 9.59 Å². The van der Waals surface area contributed by atoms with Gasteiger partial charge in [0.05, 0.1) is 0 Å². The molecule has 0 heterocycles. The van der Waals surface area contributed by atoms with Crippen molar-refractivity contribution in [1.82, 2.24) is 0 Å². The highest BCUT2D eigenvalue weighted by atomic mass is 16.5. The monoisotopic (exact) mass is 432 g/mol. The largest absolute Gasteiger partial charge is 0.481 e. The van der Waals surface area contributed by atoms with Crippen LogP contribution in [0.2, 0.25) is 0 Å². The van der Waals surface area contributed by atoms with E-state index in [1.54, 1.807) is 0 Å². The molecule has 0 bridgehead atoms. The maximum absolute atomic E-state index is 11.8.